The Morgan fingerprint density at radius 1 is 1.04 bits per heavy atom. The molecule has 1 aliphatic heterocycles. The Morgan fingerprint density at radius 2 is 1.81 bits per heavy atom. The first-order valence-electron chi connectivity index (χ1n) is 9.83. The summed E-state index contributed by atoms with van der Waals surface area (Å²) in [5.74, 6) is 0.467. The topological polar surface area (TPSA) is 62.9 Å². The molecule has 1 saturated heterocycles. The van der Waals surface area contributed by atoms with Gasteiger partial charge in [0, 0.05) is 25.3 Å². The number of hydrogen-bond donors (Lipinski definition) is 2. The Hall–Kier alpha value is -2.37. The van der Waals surface area contributed by atoms with Crippen molar-refractivity contribution in [2.75, 3.05) is 31.6 Å². The van der Waals surface area contributed by atoms with Crippen LogP contribution in [0, 0.1) is 0 Å². The van der Waals surface area contributed by atoms with Crippen molar-refractivity contribution in [1.82, 2.24) is 4.90 Å². The number of benzene rings is 2. The quantitative estimate of drug-likeness (QED) is 0.632. The third-order valence-electron chi connectivity index (χ3n) is 5.41. The standard InChI is InChI=1S/C22H28N4O/c23-22(25-21-9-8-17-6-3-7-18(17)14-21)24-15-19-4-1-2-5-20(19)16-26-10-12-27-13-11-26/h1-2,4-5,8-9,14H,3,6-7,10-13,15-16H2,(H3,23,24,25). The summed E-state index contributed by atoms with van der Waals surface area (Å²) in [6.45, 7) is 5.13. The van der Waals surface area contributed by atoms with Crippen molar-refractivity contribution in [3.63, 3.8) is 0 Å². The zero-order valence-corrected chi connectivity index (χ0v) is 15.8. The maximum atomic E-state index is 6.15. The number of hydrogen-bond acceptors (Lipinski definition) is 3. The number of fused-ring (bicyclic) bond motifs is 1. The normalized spacial score (nSPS) is 17.7. The lowest BCUT2D eigenvalue weighted by Crippen LogP contribution is -2.35. The molecule has 0 bridgehead atoms. The molecule has 0 atom stereocenters. The number of aryl methyl sites for hydroxylation is 2. The van der Waals surface area contributed by atoms with Gasteiger partial charge < -0.3 is 15.8 Å². The summed E-state index contributed by atoms with van der Waals surface area (Å²) in [6.07, 6.45) is 3.61. The van der Waals surface area contributed by atoms with Crippen LogP contribution in [0.1, 0.15) is 28.7 Å². The molecule has 142 valence electrons. The van der Waals surface area contributed by atoms with Crippen molar-refractivity contribution in [3.05, 3.63) is 64.7 Å². The van der Waals surface area contributed by atoms with Gasteiger partial charge in [-0.05, 0) is 53.6 Å². The monoisotopic (exact) mass is 364 g/mol. The van der Waals surface area contributed by atoms with Crippen LogP contribution in [0.15, 0.2) is 47.5 Å². The molecule has 0 radical (unpaired) electrons. The SMILES string of the molecule is NC(=NCc1ccccc1CN1CCOCC1)Nc1ccc2c(c1)CCC2. The van der Waals surface area contributed by atoms with E-state index in [1.54, 1.807) is 0 Å². The van der Waals surface area contributed by atoms with Crippen molar-refractivity contribution in [2.24, 2.45) is 10.7 Å². The third-order valence-corrected chi connectivity index (χ3v) is 5.41. The van der Waals surface area contributed by atoms with Gasteiger partial charge in [0.25, 0.3) is 0 Å². The van der Waals surface area contributed by atoms with E-state index in [0.29, 0.717) is 12.5 Å². The number of guanidine groups is 1. The van der Waals surface area contributed by atoms with Gasteiger partial charge in [-0.2, -0.15) is 0 Å². The Kier molecular flexibility index (Phi) is 5.70. The van der Waals surface area contributed by atoms with Gasteiger partial charge in [0.15, 0.2) is 5.96 Å². The van der Waals surface area contributed by atoms with Crippen LogP contribution in [0.4, 0.5) is 5.69 Å². The molecule has 0 aromatic heterocycles. The minimum Gasteiger partial charge on any atom is -0.379 e. The van der Waals surface area contributed by atoms with Crippen LogP contribution in [0.2, 0.25) is 0 Å². The maximum Gasteiger partial charge on any atom is 0.193 e. The van der Waals surface area contributed by atoms with E-state index in [1.165, 1.54) is 35.1 Å². The van der Waals surface area contributed by atoms with E-state index in [9.17, 15) is 0 Å². The van der Waals surface area contributed by atoms with Gasteiger partial charge in [0.1, 0.15) is 0 Å². The molecule has 4 rings (SSSR count). The van der Waals surface area contributed by atoms with E-state index in [0.717, 1.165) is 45.0 Å². The molecular weight excluding hydrogens is 336 g/mol. The summed E-state index contributed by atoms with van der Waals surface area (Å²) in [6, 6.07) is 15.0. The number of rotatable bonds is 5. The third kappa shape index (κ3) is 4.67. The van der Waals surface area contributed by atoms with Crippen molar-refractivity contribution in [3.8, 4) is 0 Å². The molecule has 2 aliphatic rings. The van der Waals surface area contributed by atoms with E-state index in [-0.39, 0.29) is 0 Å². The summed E-state index contributed by atoms with van der Waals surface area (Å²) in [5.41, 5.74) is 12.6. The van der Waals surface area contributed by atoms with E-state index in [1.807, 2.05) is 0 Å². The molecule has 2 aromatic carbocycles. The summed E-state index contributed by atoms with van der Waals surface area (Å²) < 4.78 is 5.44. The number of nitrogens with zero attached hydrogens (tertiary/aromatic N) is 2. The van der Waals surface area contributed by atoms with Crippen molar-refractivity contribution < 1.29 is 4.74 Å². The molecule has 3 N–H and O–H groups in total. The molecule has 27 heavy (non-hydrogen) atoms. The Balaban J connectivity index is 1.39. The minimum absolute atomic E-state index is 0.467. The Bertz CT molecular complexity index is 812. The fourth-order valence-corrected chi connectivity index (χ4v) is 3.87. The molecule has 0 amide bonds. The lowest BCUT2D eigenvalue weighted by molar-refractivity contribution is 0.0341. The van der Waals surface area contributed by atoms with Crippen LogP contribution >= 0.6 is 0 Å². The molecule has 1 heterocycles. The second-order valence-electron chi connectivity index (χ2n) is 7.32. The number of ether oxygens (including phenoxy) is 1. The molecule has 2 aromatic rings. The molecule has 1 fully saturated rings. The number of morpholine rings is 1. The number of nitrogens with one attached hydrogen (secondary N) is 1. The molecule has 5 nitrogen and oxygen atoms in total. The first-order valence-corrected chi connectivity index (χ1v) is 9.83. The van der Waals surface area contributed by atoms with Crippen LogP contribution in [0.3, 0.4) is 0 Å². The second-order valence-corrected chi connectivity index (χ2v) is 7.32. The summed E-state index contributed by atoms with van der Waals surface area (Å²) in [5, 5.41) is 3.24. The highest BCUT2D eigenvalue weighted by molar-refractivity contribution is 5.92. The minimum atomic E-state index is 0.467. The fourth-order valence-electron chi connectivity index (χ4n) is 3.87. The highest BCUT2D eigenvalue weighted by Crippen LogP contribution is 2.24. The summed E-state index contributed by atoms with van der Waals surface area (Å²) in [4.78, 5) is 7.01. The first kappa shape index (κ1) is 18.0. The van der Waals surface area contributed by atoms with E-state index < -0.39 is 0 Å². The zero-order valence-electron chi connectivity index (χ0n) is 15.8. The van der Waals surface area contributed by atoms with Gasteiger partial charge in [0.05, 0.1) is 19.8 Å². The fraction of sp³-hybridized carbons (Fsp3) is 0.409. The first-order chi connectivity index (χ1) is 13.3. The molecular formula is C22H28N4O. The van der Waals surface area contributed by atoms with Gasteiger partial charge in [-0.25, -0.2) is 4.99 Å². The van der Waals surface area contributed by atoms with Crippen LogP contribution < -0.4 is 11.1 Å². The molecule has 5 heteroatoms. The summed E-state index contributed by atoms with van der Waals surface area (Å²) >= 11 is 0. The van der Waals surface area contributed by atoms with Gasteiger partial charge in [-0.15, -0.1) is 0 Å². The van der Waals surface area contributed by atoms with Gasteiger partial charge in [-0.1, -0.05) is 30.3 Å². The average Bonchev–Trinajstić information content (AvgIpc) is 3.16. The highest BCUT2D eigenvalue weighted by atomic mass is 16.5. The lowest BCUT2D eigenvalue weighted by Gasteiger charge is -2.27. The van der Waals surface area contributed by atoms with E-state index in [2.05, 4.69) is 57.7 Å². The van der Waals surface area contributed by atoms with Crippen LogP contribution in [-0.4, -0.2) is 37.2 Å². The van der Waals surface area contributed by atoms with E-state index >= 15 is 0 Å². The Labute approximate surface area is 161 Å². The predicted octanol–water partition coefficient (Wildman–Crippen LogP) is 2.93. The van der Waals surface area contributed by atoms with Gasteiger partial charge >= 0.3 is 0 Å². The van der Waals surface area contributed by atoms with Gasteiger partial charge in [0.2, 0.25) is 0 Å². The Morgan fingerprint density at radius 3 is 2.67 bits per heavy atom. The second kappa shape index (κ2) is 8.55. The average molecular weight is 364 g/mol. The maximum absolute atomic E-state index is 6.15. The lowest BCUT2D eigenvalue weighted by atomic mass is 10.1. The summed E-state index contributed by atoms with van der Waals surface area (Å²) in [7, 11) is 0. The van der Waals surface area contributed by atoms with Crippen LogP contribution in [-0.2, 0) is 30.7 Å². The molecule has 0 saturated carbocycles. The smallest absolute Gasteiger partial charge is 0.193 e. The predicted molar refractivity (Wildman–Crippen MR) is 110 cm³/mol. The van der Waals surface area contributed by atoms with Crippen LogP contribution in [0.25, 0.3) is 0 Å². The highest BCUT2D eigenvalue weighted by Gasteiger charge is 2.13. The number of anilines is 1. The largest absolute Gasteiger partial charge is 0.379 e. The van der Waals surface area contributed by atoms with Gasteiger partial charge in [-0.3, -0.25) is 4.90 Å². The number of aliphatic imine (C=N–C) groups is 1. The molecule has 1 aliphatic carbocycles. The molecule has 0 unspecified atom stereocenters. The zero-order chi connectivity index (χ0) is 18.5. The van der Waals surface area contributed by atoms with Crippen LogP contribution in [0.5, 0.6) is 0 Å². The number of nitrogens with two attached hydrogens (primary N) is 1. The van der Waals surface area contributed by atoms with Crippen molar-refractivity contribution in [2.45, 2.75) is 32.4 Å². The van der Waals surface area contributed by atoms with E-state index in [4.69, 9.17) is 10.5 Å². The van der Waals surface area contributed by atoms with Crippen molar-refractivity contribution >= 4 is 11.6 Å². The molecule has 0 spiro atoms. The van der Waals surface area contributed by atoms with Crippen molar-refractivity contribution in [1.29, 1.82) is 0 Å².